The van der Waals surface area contributed by atoms with Gasteiger partial charge in [0, 0.05) is 27.7 Å². The zero-order chi connectivity index (χ0) is 22.5. The molecule has 0 bridgehead atoms. The fourth-order valence-corrected chi connectivity index (χ4v) is 4.59. The van der Waals surface area contributed by atoms with Crippen LogP contribution in [0.1, 0.15) is 21.7 Å². The average molecular weight is 466 g/mol. The Labute approximate surface area is 192 Å². The summed E-state index contributed by atoms with van der Waals surface area (Å²) in [5, 5.41) is 4.63. The Kier molecular flexibility index (Phi) is 6.67. The van der Waals surface area contributed by atoms with Gasteiger partial charge in [-0.15, -0.1) is 23.1 Å². The molecular weight excluding hydrogens is 446 g/mol. The lowest BCUT2D eigenvalue weighted by Gasteiger charge is -2.08. The van der Waals surface area contributed by atoms with E-state index in [9.17, 15) is 14.4 Å². The summed E-state index contributed by atoms with van der Waals surface area (Å²) in [4.78, 5) is 42.9. The number of hydrogen-bond acceptors (Lipinski definition) is 7. The average Bonchev–Trinajstić information content (AvgIpc) is 3.18. The Balaban J connectivity index is 1.36. The molecule has 9 heteroatoms. The third-order valence-corrected chi connectivity index (χ3v) is 6.43. The first-order valence-electron chi connectivity index (χ1n) is 9.71. The third kappa shape index (κ3) is 5.24. The molecule has 0 radical (unpaired) electrons. The van der Waals surface area contributed by atoms with Crippen molar-refractivity contribution in [1.29, 1.82) is 0 Å². The van der Waals surface area contributed by atoms with E-state index in [0.29, 0.717) is 21.9 Å². The summed E-state index contributed by atoms with van der Waals surface area (Å²) in [7, 11) is 0. The molecule has 4 rings (SSSR count). The lowest BCUT2D eigenvalue weighted by Crippen LogP contribution is -2.16. The molecule has 32 heavy (non-hydrogen) atoms. The van der Waals surface area contributed by atoms with Crippen molar-refractivity contribution in [3.05, 3.63) is 93.3 Å². The first-order chi connectivity index (χ1) is 15.5. The molecule has 0 aliphatic rings. The number of thiazole rings is 1. The minimum absolute atomic E-state index is 0.119. The number of fused-ring (bicyclic) bond motifs is 1. The summed E-state index contributed by atoms with van der Waals surface area (Å²) in [6, 6.07) is 17.5. The molecule has 2 aromatic carbocycles. The van der Waals surface area contributed by atoms with Crippen LogP contribution in [0.25, 0.3) is 4.96 Å². The number of ether oxygens (including phenoxy) is 1. The van der Waals surface area contributed by atoms with Crippen LogP contribution in [-0.4, -0.2) is 27.0 Å². The number of amides is 1. The lowest BCUT2D eigenvalue weighted by molar-refractivity contribution is -0.113. The van der Waals surface area contributed by atoms with E-state index in [-0.39, 0.29) is 23.8 Å². The number of hydrogen-bond donors (Lipinski definition) is 1. The normalized spacial score (nSPS) is 10.8. The van der Waals surface area contributed by atoms with Crippen molar-refractivity contribution in [2.45, 2.75) is 18.4 Å². The predicted octanol–water partition coefficient (Wildman–Crippen LogP) is 4.15. The zero-order valence-corrected chi connectivity index (χ0v) is 18.7. The molecule has 0 atom stereocenters. The van der Waals surface area contributed by atoms with Crippen LogP contribution in [0, 0.1) is 6.92 Å². The monoisotopic (exact) mass is 465 g/mol. The Morgan fingerprint density at radius 3 is 2.75 bits per heavy atom. The number of benzene rings is 2. The van der Waals surface area contributed by atoms with E-state index in [0.717, 1.165) is 10.6 Å². The largest absolute Gasteiger partial charge is 0.456 e. The minimum atomic E-state index is -0.566. The first-order valence-corrected chi connectivity index (χ1v) is 11.6. The fraction of sp³-hybridized carbons (Fsp3) is 0.130. The summed E-state index contributed by atoms with van der Waals surface area (Å²) in [6.45, 7) is 1.71. The molecule has 0 unspecified atom stereocenters. The van der Waals surface area contributed by atoms with Gasteiger partial charge < -0.3 is 10.1 Å². The molecule has 162 valence electrons. The highest BCUT2D eigenvalue weighted by Gasteiger charge is 2.12. The number of nitrogens with one attached hydrogen (secondary N) is 1. The molecule has 4 aromatic rings. The van der Waals surface area contributed by atoms with Gasteiger partial charge in [0.15, 0.2) is 4.96 Å². The first kappa shape index (κ1) is 21.8. The van der Waals surface area contributed by atoms with Crippen molar-refractivity contribution >= 4 is 45.6 Å². The van der Waals surface area contributed by atoms with Gasteiger partial charge in [0.2, 0.25) is 5.91 Å². The maximum absolute atomic E-state index is 12.5. The SMILES string of the molecule is Cc1csc2nc(COC(=O)c3cccc(NC(=O)CSc4ccccc4)c3)cc(=O)n12. The third-order valence-electron chi connectivity index (χ3n) is 4.47. The number of nitrogens with zero attached hydrogens (tertiary/aromatic N) is 2. The van der Waals surface area contributed by atoms with E-state index in [1.54, 1.807) is 24.3 Å². The van der Waals surface area contributed by atoms with E-state index in [1.165, 1.54) is 33.6 Å². The van der Waals surface area contributed by atoms with Crippen molar-refractivity contribution in [1.82, 2.24) is 9.38 Å². The molecule has 2 heterocycles. The maximum atomic E-state index is 12.5. The van der Waals surface area contributed by atoms with Gasteiger partial charge >= 0.3 is 5.97 Å². The molecule has 2 aromatic heterocycles. The number of carbonyl (C=O) groups is 2. The Morgan fingerprint density at radius 2 is 1.94 bits per heavy atom. The van der Waals surface area contributed by atoms with Gasteiger partial charge in [-0.05, 0) is 37.3 Å². The van der Waals surface area contributed by atoms with Crippen molar-refractivity contribution in [3.8, 4) is 0 Å². The second-order valence-electron chi connectivity index (χ2n) is 6.89. The number of aromatic nitrogens is 2. The second kappa shape index (κ2) is 9.80. The van der Waals surface area contributed by atoms with Gasteiger partial charge in [-0.25, -0.2) is 9.78 Å². The predicted molar refractivity (Wildman–Crippen MR) is 125 cm³/mol. The molecule has 0 aliphatic carbocycles. The van der Waals surface area contributed by atoms with Gasteiger partial charge in [-0.2, -0.15) is 0 Å². The number of esters is 1. The molecular formula is C23H19N3O4S2. The van der Waals surface area contributed by atoms with Gasteiger partial charge in [-0.1, -0.05) is 24.3 Å². The summed E-state index contributed by atoms with van der Waals surface area (Å²) in [5.41, 5.74) is 1.78. The van der Waals surface area contributed by atoms with Crippen LogP contribution in [-0.2, 0) is 16.1 Å². The molecule has 0 aliphatic heterocycles. The number of carbonyl (C=O) groups excluding carboxylic acids is 2. The van der Waals surface area contributed by atoms with E-state index in [1.807, 2.05) is 42.6 Å². The van der Waals surface area contributed by atoms with E-state index in [4.69, 9.17) is 4.74 Å². The molecule has 0 fully saturated rings. The van der Waals surface area contributed by atoms with Gasteiger partial charge in [0.25, 0.3) is 5.56 Å². The van der Waals surface area contributed by atoms with Crippen LogP contribution >= 0.6 is 23.1 Å². The highest BCUT2D eigenvalue weighted by Crippen LogP contribution is 2.18. The van der Waals surface area contributed by atoms with Crippen LogP contribution in [0.5, 0.6) is 0 Å². The van der Waals surface area contributed by atoms with Crippen molar-refractivity contribution < 1.29 is 14.3 Å². The zero-order valence-electron chi connectivity index (χ0n) is 17.1. The topological polar surface area (TPSA) is 89.8 Å². The highest BCUT2D eigenvalue weighted by atomic mass is 32.2. The van der Waals surface area contributed by atoms with Crippen molar-refractivity contribution in [2.75, 3.05) is 11.1 Å². The Hall–Kier alpha value is -3.43. The molecule has 7 nitrogen and oxygen atoms in total. The Bertz CT molecular complexity index is 1330. The van der Waals surface area contributed by atoms with Crippen LogP contribution < -0.4 is 10.9 Å². The standard InChI is InChI=1S/C23H19N3O4S2/c1-15-13-32-23-25-18(11-21(28)26(15)23)12-30-22(29)16-6-5-7-17(10-16)24-20(27)14-31-19-8-3-2-4-9-19/h2-11,13H,12,14H2,1H3,(H,24,27). The van der Waals surface area contributed by atoms with Gasteiger partial charge in [-0.3, -0.25) is 14.0 Å². The quantitative estimate of drug-likeness (QED) is 0.326. The van der Waals surface area contributed by atoms with Crippen LogP contribution in [0.4, 0.5) is 5.69 Å². The Morgan fingerprint density at radius 1 is 1.12 bits per heavy atom. The van der Waals surface area contributed by atoms with E-state index >= 15 is 0 Å². The number of aryl methyl sites for hydroxylation is 1. The van der Waals surface area contributed by atoms with Gasteiger partial charge in [0.05, 0.1) is 17.0 Å². The highest BCUT2D eigenvalue weighted by molar-refractivity contribution is 8.00. The van der Waals surface area contributed by atoms with Crippen LogP contribution in [0.2, 0.25) is 0 Å². The summed E-state index contributed by atoms with van der Waals surface area (Å²) in [6.07, 6.45) is 0. The van der Waals surface area contributed by atoms with Crippen LogP contribution in [0.15, 0.2) is 75.7 Å². The van der Waals surface area contributed by atoms with Crippen molar-refractivity contribution in [2.24, 2.45) is 0 Å². The maximum Gasteiger partial charge on any atom is 0.338 e. The number of anilines is 1. The summed E-state index contributed by atoms with van der Waals surface area (Å²) >= 11 is 2.78. The molecule has 0 spiro atoms. The van der Waals surface area contributed by atoms with Crippen molar-refractivity contribution in [3.63, 3.8) is 0 Å². The van der Waals surface area contributed by atoms with Gasteiger partial charge in [0.1, 0.15) is 6.61 Å². The molecule has 1 amide bonds. The fourth-order valence-electron chi connectivity index (χ4n) is 2.98. The second-order valence-corrected chi connectivity index (χ2v) is 8.77. The van der Waals surface area contributed by atoms with E-state index in [2.05, 4.69) is 10.3 Å². The lowest BCUT2D eigenvalue weighted by atomic mass is 10.2. The minimum Gasteiger partial charge on any atom is -0.456 e. The molecule has 1 N–H and O–H groups in total. The molecule has 0 saturated carbocycles. The molecule has 0 saturated heterocycles. The van der Waals surface area contributed by atoms with E-state index < -0.39 is 5.97 Å². The smallest absolute Gasteiger partial charge is 0.338 e. The number of thioether (sulfide) groups is 1. The number of rotatable bonds is 7. The summed E-state index contributed by atoms with van der Waals surface area (Å²) < 4.78 is 6.84. The van der Waals surface area contributed by atoms with Crippen LogP contribution in [0.3, 0.4) is 0 Å². The summed E-state index contributed by atoms with van der Waals surface area (Å²) in [5.74, 6) is -0.484.